The largest absolute Gasteiger partial charge is 0.480 e. The highest BCUT2D eigenvalue weighted by molar-refractivity contribution is 5.92. The molecule has 2 amide bonds. The lowest BCUT2D eigenvalue weighted by Crippen LogP contribution is -2.56. The van der Waals surface area contributed by atoms with Crippen LogP contribution in [0.2, 0.25) is 0 Å². The molecule has 1 rings (SSSR count). The molecule has 21 heavy (non-hydrogen) atoms. The van der Waals surface area contributed by atoms with Gasteiger partial charge in [-0.15, -0.1) is 0 Å². The van der Waals surface area contributed by atoms with Gasteiger partial charge in [-0.2, -0.15) is 0 Å². The van der Waals surface area contributed by atoms with Crippen LogP contribution >= 0.6 is 0 Å². The van der Waals surface area contributed by atoms with Crippen LogP contribution in [-0.4, -0.2) is 47.6 Å². The third-order valence-corrected chi connectivity index (χ3v) is 3.90. The topological polar surface area (TPSA) is 108 Å². The van der Waals surface area contributed by atoms with E-state index >= 15 is 0 Å². The Bertz CT molecular complexity index is 394. The average Bonchev–Trinajstić information content (AvgIpc) is 2.97. The Balaban J connectivity index is 2.68. The first-order valence-electron chi connectivity index (χ1n) is 7.43. The van der Waals surface area contributed by atoms with Gasteiger partial charge in [0.25, 0.3) is 0 Å². The van der Waals surface area contributed by atoms with Gasteiger partial charge in [0, 0.05) is 0 Å². The molecule has 1 saturated heterocycles. The van der Waals surface area contributed by atoms with Gasteiger partial charge in [0.1, 0.15) is 12.1 Å². The number of carbonyl (C=O) groups is 3. The molecule has 120 valence electrons. The second-order valence-electron chi connectivity index (χ2n) is 5.59. The van der Waals surface area contributed by atoms with Crippen molar-refractivity contribution in [2.45, 2.75) is 58.2 Å². The van der Waals surface area contributed by atoms with E-state index in [1.807, 2.05) is 13.8 Å². The van der Waals surface area contributed by atoms with Crippen molar-refractivity contribution < 1.29 is 19.5 Å². The standard InChI is InChI=1S/C14H25N3O4/c1-4-8(2)11(13(19)16-9(3)14(20)21)17-12(18)10-6-5-7-15-10/h8-11,15H,4-7H2,1-3H3,(H,16,19)(H,17,18)(H,20,21). The predicted octanol–water partition coefficient (Wildman–Crippen LogP) is -0.141. The molecule has 0 aromatic carbocycles. The number of amides is 2. The van der Waals surface area contributed by atoms with Crippen molar-refractivity contribution >= 4 is 17.8 Å². The Morgan fingerprint density at radius 3 is 2.43 bits per heavy atom. The molecule has 0 spiro atoms. The number of hydrogen-bond acceptors (Lipinski definition) is 4. The summed E-state index contributed by atoms with van der Waals surface area (Å²) in [4.78, 5) is 35.1. The molecule has 7 nitrogen and oxygen atoms in total. The van der Waals surface area contributed by atoms with Crippen molar-refractivity contribution in [1.82, 2.24) is 16.0 Å². The quantitative estimate of drug-likeness (QED) is 0.523. The molecule has 4 unspecified atom stereocenters. The van der Waals surface area contributed by atoms with Crippen LogP contribution in [0.15, 0.2) is 0 Å². The molecule has 1 aliphatic rings. The van der Waals surface area contributed by atoms with Gasteiger partial charge in [-0.3, -0.25) is 14.4 Å². The molecular formula is C14H25N3O4. The van der Waals surface area contributed by atoms with E-state index in [2.05, 4.69) is 16.0 Å². The van der Waals surface area contributed by atoms with Crippen molar-refractivity contribution in [3.05, 3.63) is 0 Å². The van der Waals surface area contributed by atoms with E-state index in [0.29, 0.717) is 6.42 Å². The zero-order valence-corrected chi connectivity index (χ0v) is 12.8. The van der Waals surface area contributed by atoms with Crippen molar-refractivity contribution in [2.75, 3.05) is 6.54 Å². The van der Waals surface area contributed by atoms with Gasteiger partial charge < -0.3 is 21.1 Å². The fourth-order valence-corrected chi connectivity index (χ4v) is 2.23. The number of carboxylic acid groups (broad SMARTS) is 1. The van der Waals surface area contributed by atoms with Crippen molar-refractivity contribution in [3.63, 3.8) is 0 Å². The van der Waals surface area contributed by atoms with Crippen LogP contribution in [-0.2, 0) is 14.4 Å². The molecule has 1 fully saturated rings. The summed E-state index contributed by atoms with van der Waals surface area (Å²) in [6.07, 6.45) is 2.40. The molecule has 0 aromatic heterocycles. The van der Waals surface area contributed by atoms with E-state index in [9.17, 15) is 14.4 Å². The highest BCUT2D eigenvalue weighted by Crippen LogP contribution is 2.11. The van der Waals surface area contributed by atoms with Crippen molar-refractivity contribution in [3.8, 4) is 0 Å². The van der Waals surface area contributed by atoms with E-state index in [1.54, 1.807) is 0 Å². The lowest BCUT2D eigenvalue weighted by molar-refractivity contribution is -0.142. The summed E-state index contributed by atoms with van der Waals surface area (Å²) >= 11 is 0. The minimum absolute atomic E-state index is 0.0728. The van der Waals surface area contributed by atoms with Crippen LogP contribution in [0.1, 0.15) is 40.0 Å². The van der Waals surface area contributed by atoms with E-state index < -0.39 is 24.0 Å². The molecule has 1 aliphatic heterocycles. The van der Waals surface area contributed by atoms with Crippen LogP contribution in [0.5, 0.6) is 0 Å². The lowest BCUT2D eigenvalue weighted by Gasteiger charge is -2.25. The van der Waals surface area contributed by atoms with Gasteiger partial charge in [0.2, 0.25) is 11.8 Å². The van der Waals surface area contributed by atoms with Crippen LogP contribution in [0.4, 0.5) is 0 Å². The number of carbonyl (C=O) groups excluding carboxylic acids is 2. The Kier molecular flexibility index (Phi) is 6.61. The predicted molar refractivity (Wildman–Crippen MR) is 77.7 cm³/mol. The maximum atomic E-state index is 12.2. The highest BCUT2D eigenvalue weighted by atomic mass is 16.4. The monoisotopic (exact) mass is 299 g/mol. The van der Waals surface area contributed by atoms with Gasteiger partial charge in [-0.05, 0) is 32.2 Å². The Morgan fingerprint density at radius 2 is 1.95 bits per heavy atom. The van der Waals surface area contributed by atoms with Crippen molar-refractivity contribution in [1.29, 1.82) is 0 Å². The van der Waals surface area contributed by atoms with Crippen molar-refractivity contribution in [2.24, 2.45) is 5.92 Å². The Labute approximate surface area is 124 Å². The first-order chi connectivity index (χ1) is 9.86. The summed E-state index contributed by atoms with van der Waals surface area (Å²) in [6.45, 7) is 5.98. The summed E-state index contributed by atoms with van der Waals surface area (Å²) in [5, 5.41) is 17.1. The molecule has 0 saturated carbocycles. The first kappa shape index (κ1) is 17.4. The number of aliphatic carboxylic acids is 1. The minimum Gasteiger partial charge on any atom is -0.480 e. The van der Waals surface area contributed by atoms with E-state index in [4.69, 9.17) is 5.11 Å². The summed E-state index contributed by atoms with van der Waals surface area (Å²) in [7, 11) is 0. The average molecular weight is 299 g/mol. The fraction of sp³-hybridized carbons (Fsp3) is 0.786. The van der Waals surface area contributed by atoms with Crippen LogP contribution in [0.25, 0.3) is 0 Å². The number of hydrogen-bond donors (Lipinski definition) is 4. The molecule has 4 atom stereocenters. The minimum atomic E-state index is -1.10. The zero-order chi connectivity index (χ0) is 16.0. The van der Waals surface area contributed by atoms with E-state index in [1.165, 1.54) is 6.92 Å². The van der Waals surface area contributed by atoms with E-state index in [-0.39, 0.29) is 17.9 Å². The lowest BCUT2D eigenvalue weighted by atomic mass is 9.97. The first-order valence-corrected chi connectivity index (χ1v) is 7.43. The maximum absolute atomic E-state index is 12.2. The number of carboxylic acids is 1. The highest BCUT2D eigenvalue weighted by Gasteiger charge is 2.31. The summed E-state index contributed by atoms with van der Waals surface area (Å²) in [5.74, 6) is -1.83. The van der Waals surface area contributed by atoms with Gasteiger partial charge in [0.15, 0.2) is 0 Å². The summed E-state index contributed by atoms with van der Waals surface area (Å²) in [5.41, 5.74) is 0. The number of nitrogens with one attached hydrogen (secondary N) is 3. The normalized spacial score (nSPS) is 22.1. The number of rotatable bonds is 7. The SMILES string of the molecule is CCC(C)C(NC(=O)C1CCCN1)C(=O)NC(C)C(=O)O. The summed E-state index contributed by atoms with van der Waals surface area (Å²) in [6, 6.07) is -1.96. The molecule has 7 heteroatoms. The van der Waals surface area contributed by atoms with Crippen LogP contribution in [0.3, 0.4) is 0 Å². The molecule has 1 heterocycles. The zero-order valence-electron chi connectivity index (χ0n) is 12.8. The van der Waals surface area contributed by atoms with E-state index in [0.717, 1.165) is 19.4 Å². The second-order valence-corrected chi connectivity index (χ2v) is 5.59. The van der Waals surface area contributed by atoms with Gasteiger partial charge in [0.05, 0.1) is 6.04 Å². The van der Waals surface area contributed by atoms with Gasteiger partial charge in [-0.25, -0.2) is 0 Å². The molecule has 0 radical (unpaired) electrons. The third-order valence-electron chi connectivity index (χ3n) is 3.90. The summed E-state index contributed by atoms with van der Waals surface area (Å²) < 4.78 is 0. The maximum Gasteiger partial charge on any atom is 0.325 e. The van der Waals surface area contributed by atoms with Crippen LogP contribution in [0, 0.1) is 5.92 Å². The van der Waals surface area contributed by atoms with Gasteiger partial charge >= 0.3 is 5.97 Å². The molecule has 4 N–H and O–H groups in total. The second kappa shape index (κ2) is 7.97. The third kappa shape index (κ3) is 5.00. The molecule has 0 aliphatic carbocycles. The Morgan fingerprint density at radius 1 is 1.29 bits per heavy atom. The van der Waals surface area contributed by atoms with Gasteiger partial charge in [-0.1, -0.05) is 20.3 Å². The smallest absolute Gasteiger partial charge is 0.325 e. The molecular weight excluding hydrogens is 274 g/mol. The van der Waals surface area contributed by atoms with Crippen LogP contribution < -0.4 is 16.0 Å². The fourth-order valence-electron chi connectivity index (χ4n) is 2.23. The Hall–Kier alpha value is -1.63. The molecule has 0 bridgehead atoms. The molecule has 0 aromatic rings.